The molecule has 0 bridgehead atoms. The zero-order valence-corrected chi connectivity index (χ0v) is 10.9. The van der Waals surface area contributed by atoms with Gasteiger partial charge in [-0.05, 0) is 24.8 Å². The molecule has 0 saturated heterocycles. The molecule has 0 aromatic rings. The predicted molar refractivity (Wildman–Crippen MR) is 67.0 cm³/mol. The van der Waals surface area contributed by atoms with E-state index < -0.39 is 11.9 Å². The predicted octanol–water partition coefficient (Wildman–Crippen LogP) is 1.94. The molecule has 2 amide bonds. The van der Waals surface area contributed by atoms with Gasteiger partial charge < -0.3 is 4.90 Å². The average Bonchev–Trinajstić information content (AvgIpc) is 2.38. The van der Waals surface area contributed by atoms with Gasteiger partial charge in [0.2, 0.25) is 0 Å². The van der Waals surface area contributed by atoms with Crippen molar-refractivity contribution in [1.82, 2.24) is 4.90 Å². The zero-order chi connectivity index (χ0) is 13.1. The van der Waals surface area contributed by atoms with Crippen LogP contribution in [0.4, 0.5) is 0 Å². The maximum Gasteiger partial charge on any atom is 0.287 e. The number of carbonyl (C=O) groups excluding carboxylic acids is 2. The fraction of sp³-hybridized carbons (Fsp3) is 0.692. The Morgan fingerprint density at radius 1 is 1.39 bits per heavy atom. The van der Waals surface area contributed by atoms with Crippen LogP contribution in [0.25, 0.3) is 0 Å². The minimum Gasteiger partial charge on any atom is -0.340 e. The topological polar surface area (TPSA) is 62.1 Å². The van der Waals surface area contributed by atoms with Crippen molar-refractivity contribution in [2.45, 2.75) is 44.7 Å². The van der Waals surface area contributed by atoms with Crippen LogP contribution in [-0.2, 0) is 9.59 Å². The van der Waals surface area contributed by atoms with Crippen LogP contribution in [0.3, 0.4) is 0 Å². The molecule has 1 saturated carbocycles. The minimum absolute atomic E-state index is 0.0683. The van der Waals surface area contributed by atoms with Crippen molar-refractivity contribution < 1.29 is 9.59 Å². The summed E-state index contributed by atoms with van der Waals surface area (Å²) >= 11 is 0. The zero-order valence-electron chi connectivity index (χ0n) is 10.9. The Labute approximate surface area is 107 Å². The van der Waals surface area contributed by atoms with Crippen molar-refractivity contribution >= 4 is 11.8 Å². The van der Waals surface area contributed by atoms with E-state index in [1.165, 1.54) is 31.4 Å². The van der Waals surface area contributed by atoms with Crippen LogP contribution in [0.15, 0.2) is 22.4 Å². The number of azo groups is 1. The van der Waals surface area contributed by atoms with Gasteiger partial charge >= 0.3 is 0 Å². The van der Waals surface area contributed by atoms with Crippen LogP contribution in [0.5, 0.6) is 0 Å². The molecule has 0 N–H and O–H groups in total. The molecule has 1 fully saturated rings. The second-order valence-corrected chi connectivity index (χ2v) is 5.14. The van der Waals surface area contributed by atoms with Gasteiger partial charge in [0.15, 0.2) is 6.04 Å². The van der Waals surface area contributed by atoms with Crippen LogP contribution in [-0.4, -0.2) is 35.8 Å². The summed E-state index contributed by atoms with van der Waals surface area (Å²) < 4.78 is 0. The van der Waals surface area contributed by atoms with Gasteiger partial charge in [0.1, 0.15) is 0 Å². The first-order valence-electron chi connectivity index (χ1n) is 6.49. The Balaban J connectivity index is 2.02. The van der Waals surface area contributed by atoms with Crippen LogP contribution in [0.1, 0.15) is 32.6 Å². The third kappa shape index (κ3) is 2.66. The summed E-state index contributed by atoms with van der Waals surface area (Å²) in [4.78, 5) is 24.9. The Kier molecular flexibility index (Phi) is 3.89. The fourth-order valence-electron chi connectivity index (χ4n) is 2.74. The summed E-state index contributed by atoms with van der Waals surface area (Å²) in [5.74, 6) is 0.0628. The smallest absolute Gasteiger partial charge is 0.287 e. The standard InChI is InChI=1S/C13H19N3O2/c1-9-5-3-4-6-11(9)16(2)13(18)10-7-8-12(17)15-14-10/h7-11H,3-6H2,1-2H3. The Hall–Kier alpha value is -1.52. The second-order valence-electron chi connectivity index (χ2n) is 5.14. The third-order valence-electron chi connectivity index (χ3n) is 3.87. The van der Waals surface area contributed by atoms with E-state index in [-0.39, 0.29) is 11.9 Å². The summed E-state index contributed by atoms with van der Waals surface area (Å²) in [6.45, 7) is 2.19. The Morgan fingerprint density at radius 2 is 2.11 bits per heavy atom. The highest BCUT2D eigenvalue weighted by Gasteiger charge is 2.31. The first-order valence-corrected chi connectivity index (χ1v) is 6.49. The minimum atomic E-state index is -0.623. The molecule has 98 valence electrons. The van der Waals surface area contributed by atoms with Crippen molar-refractivity contribution in [1.29, 1.82) is 0 Å². The fourth-order valence-corrected chi connectivity index (χ4v) is 2.74. The van der Waals surface area contributed by atoms with Gasteiger partial charge in [0.05, 0.1) is 0 Å². The molecule has 2 rings (SSSR count). The van der Waals surface area contributed by atoms with Crippen molar-refractivity contribution in [3.05, 3.63) is 12.2 Å². The van der Waals surface area contributed by atoms with Gasteiger partial charge in [-0.15, -0.1) is 5.11 Å². The number of hydrogen-bond donors (Lipinski definition) is 0. The van der Waals surface area contributed by atoms with Gasteiger partial charge in [-0.2, -0.15) is 5.11 Å². The van der Waals surface area contributed by atoms with Gasteiger partial charge in [-0.1, -0.05) is 19.8 Å². The Morgan fingerprint density at radius 3 is 2.72 bits per heavy atom. The first-order chi connectivity index (χ1) is 8.59. The van der Waals surface area contributed by atoms with E-state index >= 15 is 0 Å². The summed E-state index contributed by atoms with van der Waals surface area (Å²) in [5, 5.41) is 7.18. The van der Waals surface area contributed by atoms with E-state index in [4.69, 9.17) is 0 Å². The molecule has 1 aliphatic heterocycles. The lowest BCUT2D eigenvalue weighted by Gasteiger charge is -2.37. The lowest BCUT2D eigenvalue weighted by Crippen LogP contribution is -2.46. The maximum absolute atomic E-state index is 12.3. The average molecular weight is 249 g/mol. The summed E-state index contributed by atoms with van der Waals surface area (Å²) in [6.07, 6.45) is 7.48. The van der Waals surface area contributed by atoms with Crippen molar-refractivity contribution in [3.63, 3.8) is 0 Å². The van der Waals surface area contributed by atoms with E-state index in [1.807, 2.05) is 7.05 Å². The number of rotatable bonds is 2. The largest absolute Gasteiger partial charge is 0.340 e. The Bertz CT molecular complexity index is 387. The molecule has 5 heteroatoms. The van der Waals surface area contributed by atoms with Crippen LogP contribution in [0, 0.1) is 5.92 Å². The molecule has 3 atom stereocenters. The number of nitrogens with zero attached hydrogens (tertiary/aromatic N) is 3. The summed E-state index contributed by atoms with van der Waals surface area (Å²) in [5.41, 5.74) is 0. The van der Waals surface area contributed by atoms with Crippen molar-refractivity contribution in [2.24, 2.45) is 16.1 Å². The van der Waals surface area contributed by atoms with Crippen molar-refractivity contribution in [3.8, 4) is 0 Å². The quantitative estimate of drug-likeness (QED) is 0.750. The van der Waals surface area contributed by atoms with E-state index in [9.17, 15) is 9.59 Å². The van der Waals surface area contributed by atoms with E-state index in [1.54, 1.807) is 4.90 Å². The highest BCUT2D eigenvalue weighted by Crippen LogP contribution is 2.28. The molecular formula is C13H19N3O2. The second kappa shape index (κ2) is 5.42. The molecule has 2 aliphatic rings. The van der Waals surface area contributed by atoms with Crippen molar-refractivity contribution in [2.75, 3.05) is 7.05 Å². The van der Waals surface area contributed by atoms with Gasteiger partial charge in [0, 0.05) is 19.2 Å². The number of likely N-dealkylation sites (N-methyl/N-ethyl adjacent to an activating group) is 1. The first kappa shape index (κ1) is 12.9. The maximum atomic E-state index is 12.3. The number of hydrogen-bond acceptors (Lipinski definition) is 3. The summed E-state index contributed by atoms with van der Waals surface area (Å²) in [6, 6.07) is -0.339. The molecule has 3 unspecified atom stereocenters. The van der Waals surface area contributed by atoms with E-state index in [2.05, 4.69) is 17.2 Å². The SMILES string of the molecule is CC1CCCCC1N(C)C(=O)C1C=CC(=O)N=N1. The normalized spacial score (nSPS) is 31.4. The lowest BCUT2D eigenvalue weighted by molar-refractivity contribution is -0.134. The number of amides is 2. The van der Waals surface area contributed by atoms with Gasteiger partial charge in [-0.3, -0.25) is 9.59 Å². The highest BCUT2D eigenvalue weighted by molar-refractivity contribution is 5.92. The molecule has 0 aromatic carbocycles. The van der Waals surface area contributed by atoms with Gasteiger partial charge in [-0.25, -0.2) is 0 Å². The number of carbonyl (C=O) groups is 2. The van der Waals surface area contributed by atoms with Crippen LogP contribution in [0.2, 0.25) is 0 Å². The highest BCUT2D eigenvalue weighted by atomic mass is 16.2. The molecule has 18 heavy (non-hydrogen) atoms. The third-order valence-corrected chi connectivity index (χ3v) is 3.87. The molecule has 5 nitrogen and oxygen atoms in total. The molecule has 1 aliphatic carbocycles. The lowest BCUT2D eigenvalue weighted by atomic mass is 9.85. The molecule has 0 spiro atoms. The van der Waals surface area contributed by atoms with Crippen LogP contribution >= 0.6 is 0 Å². The molecule has 1 heterocycles. The summed E-state index contributed by atoms with van der Waals surface area (Å²) in [7, 11) is 1.83. The van der Waals surface area contributed by atoms with Gasteiger partial charge in [0.25, 0.3) is 11.8 Å². The van der Waals surface area contributed by atoms with E-state index in [0.717, 1.165) is 6.42 Å². The van der Waals surface area contributed by atoms with E-state index in [0.29, 0.717) is 5.92 Å². The molecule has 0 radical (unpaired) electrons. The molecule has 0 aromatic heterocycles. The molecular weight excluding hydrogens is 230 g/mol. The monoisotopic (exact) mass is 249 g/mol. The van der Waals surface area contributed by atoms with Crippen LogP contribution < -0.4 is 0 Å².